The van der Waals surface area contributed by atoms with Gasteiger partial charge >= 0.3 is 12.1 Å². The maximum absolute atomic E-state index is 14.8. The summed E-state index contributed by atoms with van der Waals surface area (Å²) in [4.78, 5) is 38.4. The Morgan fingerprint density at radius 3 is 2.55 bits per heavy atom. The molecule has 0 saturated heterocycles. The SMILES string of the molecule is COc1cnc2c(-c3nc4cc(F)c(OC[C@@H](C)OC(=O)Nc5cnc(OC[C@H](C)O)nc5)nc4s3)cc(C)cc2n1. The number of hydrogen-bond donors (Lipinski definition) is 2. The number of carbonyl (C=O) groups excluding carboxylic acids is 1. The fraction of sp³-hybridized carbons (Fsp3) is 0.296. The summed E-state index contributed by atoms with van der Waals surface area (Å²) in [5.41, 5.74) is 3.61. The number of halogens is 1. The van der Waals surface area contributed by atoms with Gasteiger partial charge in [-0.3, -0.25) is 5.32 Å². The summed E-state index contributed by atoms with van der Waals surface area (Å²) >= 11 is 1.26. The number of fused-ring (bicyclic) bond motifs is 2. The maximum Gasteiger partial charge on any atom is 0.412 e. The molecule has 4 aromatic heterocycles. The van der Waals surface area contributed by atoms with E-state index in [9.17, 15) is 14.3 Å². The summed E-state index contributed by atoms with van der Waals surface area (Å²) in [5.74, 6) is -0.551. The van der Waals surface area contributed by atoms with E-state index in [0.29, 0.717) is 32.3 Å². The molecule has 42 heavy (non-hydrogen) atoms. The van der Waals surface area contributed by atoms with Crippen molar-refractivity contribution < 1.29 is 33.2 Å². The Hall–Kier alpha value is -4.76. The van der Waals surface area contributed by atoms with Crippen molar-refractivity contribution in [3.05, 3.63) is 48.2 Å². The molecule has 4 heterocycles. The summed E-state index contributed by atoms with van der Waals surface area (Å²) in [7, 11) is 1.52. The van der Waals surface area contributed by atoms with Crippen LogP contribution in [0, 0.1) is 12.7 Å². The largest absolute Gasteiger partial charge is 0.480 e. The van der Waals surface area contributed by atoms with Gasteiger partial charge < -0.3 is 24.1 Å². The lowest BCUT2D eigenvalue weighted by Gasteiger charge is -2.14. The van der Waals surface area contributed by atoms with Crippen molar-refractivity contribution in [1.29, 1.82) is 0 Å². The topological polar surface area (TPSA) is 164 Å². The molecule has 0 aliphatic rings. The van der Waals surface area contributed by atoms with Crippen LogP contribution in [-0.2, 0) is 4.74 Å². The van der Waals surface area contributed by atoms with Crippen LogP contribution in [-0.4, -0.2) is 73.6 Å². The van der Waals surface area contributed by atoms with E-state index in [2.05, 4.69) is 35.2 Å². The van der Waals surface area contributed by atoms with Gasteiger partial charge in [0.1, 0.15) is 34.7 Å². The molecule has 0 spiro atoms. The van der Waals surface area contributed by atoms with Crippen molar-refractivity contribution in [2.24, 2.45) is 0 Å². The average molecular weight is 596 g/mol. The number of aryl methyl sites for hydroxylation is 1. The zero-order chi connectivity index (χ0) is 29.8. The fourth-order valence-electron chi connectivity index (χ4n) is 3.76. The molecule has 0 radical (unpaired) electrons. The second-order valence-corrected chi connectivity index (χ2v) is 10.3. The van der Waals surface area contributed by atoms with Crippen LogP contribution < -0.4 is 19.5 Å². The number of thiazole rings is 1. The van der Waals surface area contributed by atoms with Crippen LogP contribution in [0.5, 0.6) is 17.8 Å². The van der Waals surface area contributed by atoms with Gasteiger partial charge in [0.05, 0.1) is 48.5 Å². The smallest absolute Gasteiger partial charge is 0.412 e. The van der Waals surface area contributed by atoms with Gasteiger partial charge in [-0.15, -0.1) is 0 Å². The number of ether oxygens (including phenoxy) is 4. The van der Waals surface area contributed by atoms with Crippen molar-refractivity contribution in [3.8, 4) is 28.3 Å². The Bertz CT molecular complexity index is 1730. The third-order valence-corrected chi connectivity index (χ3v) is 6.60. The van der Waals surface area contributed by atoms with Crippen LogP contribution in [0.2, 0.25) is 0 Å². The summed E-state index contributed by atoms with van der Waals surface area (Å²) in [6.07, 6.45) is 1.98. The minimum Gasteiger partial charge on any atom is -0.480 e. The molecule has 1 aromatic carbocycles. The van der Waals surface area contributed by atoms with E-state index >= 15 is 0 Å². The Morgan fingerprint density at radius 1 is 1.02 bits per heavy atom. The molecule has 1 amide bonds. The molecule has 13 nitrogen and oxygen atoms in total. The number of pyridine rings is 1. The number of methoxy groups -OCH3 is 1. The predicted molar refractivity (Wildman–Crippen MR) is 151 cm³/mol. The van der Waals surface area contributed by atoms with Gasteiger partial charge in [-0.1, -0.05) is 11.3 Å². The van der Waals surface area contributed by atoms with Crippen molar-refractivity contribution in [3.63, 3.8) is 0 Å². The van der Waals surface area contributed by atoms with E-state index in [1.807, 2.05) is 19.1 Å². The first-order chi connectivity index (χ1) is 20.2. The van der Waals surface area contributed by atoms with Crippen LogP contribution in [0.1, 0.15) is 19.4 Å². The highest BCUT2D eigenvalue weighted by molar-refractivity contribution is 7.21. The second kappa shape index (κ2) is 12.4. The quantitative estimate of drug-likeness (QED) is 0.235. The molecule has 2 atom stereocenters. The van der Waals surface area contributed by atoms with Crippen LogP contribution in [0.15, 0.2) is 36.8 Å². The number of nitrogens with one attached hydrogen (secondary N) is 1. The summed E-state index contributed by atoms with van der Waals surface area (Å²) < 4.78 is 36.0. The lowest BCUT2D eigenvalue weighted by Crippen LogP contribution is -2.25. The van der Waals surface area contributed by atoms with Gasteiger partial charge in [-0.05, 0) is 38.5 Å². The number of aromatic nitrogens is 6. The van der Waals surface area contributed by atoms with Crippen molar-refractivity contribution >= 4 is 44.5 Å². The van der Waals surface area contributed by atoms with E-state index in [1.165, 1.54) is 43.1 Å². The molecule has 5 rings (SSSR count). The number of amides is 1. The standard InChI is InChI=1S/C27H26FN7O6S/c1-13-5-17(22-19(6-13)33-21(38-4)10-29-22)24-34-20-7-18(28)23(35-25(20)42-24)39-12-15(3)41-27(37)32-16-8-30-26(31-9-16)40-11-14(2)36/h5-10,14-15,36H,11-12H2,1-4H3,(H,32,37)/t14-,15+/m0/s1. The van der Waals surface area contributed by atoms with Gasteiger partial charge in [0.25, 0.3) is 5.88 Å². The molecular weight excluding hydrogens is 569 g/mol. The number of rotatable bonds is 10. The van der Waals surface area contributed by atoms with Crippen molar-refractivity contribution in [2.45, 2.75) is 33.0 Å². The molecule has 0 bridgehead atoms. The minimum atomic E-state index is -0.783. The normalized spacial score (nSPS) is 12.6. The van der Waals surface area contributed by atoms with E-state index < -0.39 is 24.1 Å². The van der Waals surface area contributed by atoms with Gasteiger partial charge in [0.2, 0.25) is 5.88 Å². The van der Waals surface area contributed by atoms with Crippen LogP contribution >= 0.6 is 11.3 Å². The number of aliphatic hydroxyl groups excluding tert-OH is 1. The molecule has 0 aliphatic heterocycles. The maximum atomic E-state index is 14.8. The molecule has 0 unspecified atom stereocenters. The van der Waals surface area contributed by atoms with Crippen molar-refractivity contribution in [1.82, 2.24) is 29.9 Å². The van der Waals surface area contributed by atoms with E-state index in [4.69, 9.17) is 18.9 Å². The number of carbonyl (C=O) groups is 1. The van der Waals surface area contributed by atoms with E-state index in [0.717, 1.165) is 11.1 Å². The molecule has 15 heteroatoms. The average Bonchev–Trinajstić information content (AvgIpc) is 3.37. The molecular formula is C27H26FN7O6S. The Morgan fingerprint density at radius 2 is 1.81 bits per heavy atom. The lowest BCUT2D eigenvalue weighted by atomic mass is 10.1. The summed E-state index contributed by atoms with van der Waals surface area (Å²) in [6.45, 7) is 4.97. The molecule has 0 aliphatic carbocycles. The predicted octanol–water partition coefficient (Wildman–Crippen LogP) is 4.32. The number of nitrogens with zero attached hydrogens (tertiary/aromatic N) is 6. The molecule has 5 aromatic rings. The Labute approximate surface area is 242 Å². The van der Waals surface area contributed by atoms with E-state index in [-0.39, 0.29) is 30.8 Å². The Kier molecular flexibility index (Phi) is 8.49. The first-order valence-corrected chi connectivity index (χ1v) is 13.5. The fourth-order valence-corrected chi connectivity index (χ4v) is 4.69. The highest BCUT2D eigenvalue weighted by Gasteiger charge is 2.18. The van der Waals surface area contributed by atoms with Crippen LogP contribution in [0.25, 0.3) is 32.0 Å². The zero-order valence-electron chi connectivity index (χ0n) is 23.0. The van der Waals surface area contributed by atoms with Gasteiger partial charge in [-0.2, -0.15) is 4.98 Å². The minimum absolute atomic E-state index is 0.0357. The number of anilines is 1. The van der Waals surface area contributed by atoms with Crippen LogP contribution in [0.4, 0.5) is 14.9 Å². The first-order valence-electron chi connectivity index (χ1n) is 12.7. The third-order valence-electron chi connectivity index (χ3n) is 5.60. The second-order valence-electron chi connectivity index (χ2n) is 9.28. The lowest BCUT2D eigenvalue weighted by molar-refractivity contribution is 0.0827. The van der Waals surface area contributed by atoms with Gasteiger partial charge in [0, 0.05) is 11.6 Å². The summed E-state index contributed by atoms with van der Waals surface area (Å²) in [5, 5.41) is 12.3. The zero-order valence-corrected chi connectivity index (χ0v) is 23.8. The molecule has 0 saturated carbocycles. The molecule has 2 N–H and O–H groups in total. The highest BCUT2D eigenvalue weighted by Crippen LogP contribution is 2.35. The van der Waals surface area contributed by atoms with E-state index in [1.54, 1.807) is 13.8 Å². The monoisotopic (exact) mass is 595 g/mol. The van der Waals surface area contributed by atoms with Crippen LogP contribution in [0.3, 0.4) is 0 Å². The number of hydrogen-bond acceptors (Lipinski definition) is 13. The molecule has 218 valence electrons. The number of aliphatic hydroxyl groups is 1. The van der Waals surface area contributed by atoms with Crippen molar-refractivity contribution in [2.75, 3.05) is 25.6 Å². The van der Waals surface area contributed by atoms with Gasteiger partial charge in [0.15, 0.2) is 5.82 Å². The summed E-state index contributed by atoms with van der Waals surface area (Å²) in [6, 6.07) is 5.13. The highest BCUT2D eigenvalue weighted by atomic mass is 32.1. The number of benzene rings is 1. The third kappa shape index (κ3) is 6.75. The van der Waals surface area contributed by atoms with Gasteiger partial charge in [-0.25, -0.2) is 34.1 Å². The Balaban J connectivity index is 1.23. The first kappa shape index (κ1) is 28.8. The molecule has 0 fully saturated rings.